The van der Waals surface area contributed by atoms with Gasteiger partial charge in [0.2, 0.25) is 0 Å². The summed E-state index contributed by atoms with van der Waals surface area (Å²) in [6.07, 6.45) is -0.564. The summed E-state index contributed by atoms with van der Waals surface area (Å²) in [7, 11) is 1.10. The molecule has 0 aromatic carbocycles. The molecule has 0 saturated heterocycles. The number of aldehydes is 1. The zero-order valence-electron chi connectivity index (χ0n) is 14.3. The molecule has 0 N–H and O–H groups in total. The summed E-state index contributed by atoms with van der Waals surface area (Å²) < 4.78 is 26.7. The van der Waals surface area contributed by atoms with E-state index in [0.29, 0.717) is 6.29 Å². The number of rotatable bonds is 11. The molecule has 0 radical (unpaired) electrons. The van der Waals surface area contributed by atoms with Crippen LogP contribution < -0.4 is 0 Å². The molecule has 0 saturated carbocycles. The van der Waals surface area contributed by atoms with E-state index in [-0.39, 0.29) is 25.2 Å². The van der Waals surface area contributed by atoms with Gasteiger partial charge in [0.15, 0.2) is 14.6 Å². The van der Waals surface area contributed by atoms with Crippen molar-refractivity contribution in [2.75, 3.05) is 34.4 Å². The van der Waals surface area contributed by atoms with Gasteiger partial charge in [-0.1, -0.05) is 20.8 Å². The Bertz CT molecular complexity index is 290. The lowest BCUT2D eigenvalue weighted by Crippen LogP contribution is -2.46. The number of carbonyl (C=O) groups is 1. The molecule has 0 aliphatic rings. The van der Waals surface area contributed by atoms with Crippen LogP contribution in [0.15, 0.2) is 0 Å². The Morgan fingerprint density at radius 3 is 2.00 bits per heavy atom. The second-order valence-electron chi connectivity index (χ2n) is 6.36. The fourth-order valence-electron chi connectivity index (χ4n) is 1.28. The van der Waals surface area contributed by atoms with Crippen molar-refractivity contribution in [1.29, 1.82) is 0 Å². The Morgan fingerprint density at radius 1 is 1.05 bits per heavy atom. The Kier molecular flexibility index (Phi) is 9.51. The third-order valence-corrected chi connectivity index (χ3v) is 8.19. The van der Waals surface area contributed by atoms with E-state index in [1.165, 1.54) is 14.2 Å². The molecule has 126 valence electrons. The van der Waals surface area contributed by atoms with Crippen LogP contribution in [0.1, 0.15) is 20.8 Å². The summed E-state index contributed by atoms with van der Waals surface area (Å²) in [5.74, 6) is 0. The van der Waals surface area contributed by atoms with Crippen molar-refractivity contribution in [3.05, 3.63) is 0 Å². The average Bonchev–Trinajstić information content (AvgIpc) is 2.40. The summed E-state index contributed by atoms with van der Waals surface area (Å²) in [6.45, 7) is 11.1. The SMILES string of the molecule is COCO[C@H](C=O)[C@@H](CO[Si](C)(C)C(C)(C)C)OCOC. The quantitative estimate of drug-likeness (QED) is 0.330. The number of carbonyl (C=O) groups excluding carboxylic acids is 1. The van der Waals surface area contributed by atoms with E-state index in [9.17, 15) is 4.79 Å². The van der Waals surface area contributed by atoms with Crippen molar-refractivity contribution < 1.29 is 28.2 Å². The molecule has 0 unspecified atom stereocenters. The Labute approximate surface area is 129 Å². The molecule has 0 aliphatic heterocycles. The van der Waals surface area contributed by atoms with E-state index in [4.69, 9.17) is 23.4 Å². The molecular formula is C14H30O6Si. The minimum atomic E-state index is -1.92. The first-order valence-corrected chi connectivity index (χ1v) is 9.90. The predicted molar refractivity (Wildman–Crippen MR) is 82.7 cm³/mol. The van der Waals surface area contributed by atoms with Crippen molar-refractivity contribution in [3.8, 4) is 0 Å². The number of hydrogen-bond donors (Lipinski definition) is 0. The monoisotopic (exact) mass is 322 g/mol. The molecular weight excluding hydrogens is 292 g/mol. The van der Waals surface area contributed by atoms with Gasteiger partial charge in [0, 0.05) is 14.2 Å². The van der Waals surface area contributed by atoms with Gasteiger partial charge < -0.3 is 28.2 Å². The molecule has 0 spiro atoms. The van der Waals surface area contributed by atoms with E-state index in [1.54, 1.807) is 0 Å². The molecule has 0 aromatic rings. The summed E-state index contributed by atoms with van der Waals surface area (Å²) >= 11 is 0. The van der Waals surface area contributed by atoms with Crippen molar-refractivity contribution in [2.24, 2.45) is 0 Å². The van der Waals surface area contributed by atoms with Crippen LogP contribution in [0.25, 0.3) is 0 Å². The van der Waals surface area contributed by atoms with E-state index >= 15 is 0 Å². The second-order valence-corrected chi connectivity index (χ2v) is 11.2. The predicted octanol–water partition coefficient (Wildman–Crippen LogP) is 2.19. The summed E-state index contributed by atoms with van der Waals surface area (Å²) in [5, 5.41) is 0.0862. The van der Waals surface area contributed by atoms with Gasteiger partial charge in [-0.05, 0) is 18.1 Å². The number of methoxy groups -OCH3 is 2. The molecule has 6 nitrogen and oxygen atoms in total. The van der Waals surface area contributed by atoms with Crippen molar-refractivity contribution in [1.82, 2.24) is 0 Å². The molecule has 0 bridgehead atoms. The Hall–Kier alpha value is -0.313. The topological polar surface area (TPSA) is 63.2 Å². The summed E-state index contributed by atoms with van der Waals surface area (Å²) in [4.78, 5) is 11.2. The fourth-order valence-corrected chi connectivity index (χ4v) is 2.29. The Balaban J connectivity index is 4.71. The van der Waals surface area contributed by atoms with Gasteiger partial charge in [0.1, 0.15) is 25.8 Å². The maximum Gasteiger partial charge on any atom is 0.192 e. The van der Waals surface area contributed by atoms with Crippen LogP contribution in [0, 0.1) is 0 Å². The highest BCUT2D eigenvalue weighted by Gasteiger charge is 2.38. The molecule has 0 aromatic heterocycles. The fraction of sp³-hybridized carbons (Fsp3) is 0.929. The first-order chi connectivity index (χ1) is 9.69. The van der Waals surface area contributed by atoms with Gasteiger partial charge >= 0.3 is 0 Å². The Morgan fingerprint density at radius 2 is 1.57 bits per heavy atom. The van der Waals surface area contributed by atoms with Crippen LogP contribution >= 0.6 is 0 Å². The first kappa shape index (κ1) is 20.7. The van der Waals surface area contributed by atoms with E-state index < -0.39 is 20.5 Å². The van der Waals surface area contributed by atoms with E-state index in [1.807, 2.05) is 0 Å². The maximum atomic E-state index is 11.2. The average molecular weight is 322 g/mol. The number of ether oxygens (including phenoxy) is 4. The number of hydrogen-bond acceptors (Lipinski definition) is 6. The van der Waals surface area contributed by atoms with Crippen LogP contribution in [0.3, 0.4) is 0 Å². The van der Waals surface area contributed by atoms with Gasteiger partial charge in [0.25, 0.3) is 0 Å². The largest absolute Gasteiger partial charge is 0.414 e. The third kappa shape index (κ3) is 7.48. The zero-order chi connectivity index (χ0) is 16.5. The molecule has 21 heavy (non-hydrogen) atoms. The van der Waals surface area contributed by atoms with Crippen LogP contribution in [-0.4, -0.2) is 61.2 Å². The highest BCUT2D eigenvalue weighted by atomic mass is 28.4. The molecule has 0 rings (SSSR count). The zero-order valence-corrected chi connectivity index (χ0v) is 15.3. The molecule has 0 aliphatic carbocycles. The van der Waals surface area contributed by atoms with Gasteiger partial charge in [0.05, 0.1) is 6.61 Å². The maximum absolute atomic E-state index is 11.2. The van der Waals surface area contributed by atoms with Crippen molar-refractivity contribution in [2.45, 2.75) is 51.1 Å². The normalized spacial score (nSPS) is 15.8. The van der Waals surface area contributed by atoms with Gasteiger partial charge in [-0.3, -0.25) is 0 Å². The molecule has 0 fully saturated rings. The molecule has 0 heterocycles. The van der Waals surface area contributed by atoms with Crippen LogP contribution in [0.4, 0.5) is 0 Å². The van der Waals surface area contributed by atoms with Crippen molar-refractivity contribution in [3.63, 3.8) is 0 Å². The lowest BCUT2D eigenvalue weighted by molar-refractivity contribution is -0.168. The lowest BCUT2D eigenvalue weighted by Gasteiger charge is -2.37. The molecule has 0 amide bonds. The van der Waals surface area contributed by atoms with Gasteiger partial charge in [-0.25, -0.2) is 0 Å². The van der Waals surface area contributed by atoms with Gasteiger partial charge in [-0.2, -0.15) is 0 Å². The van der Waals surface area contributed by atoms with Crippen LogP contribution in [-0.2, 0) is 28.2 Å². The van der Waals surface area contributed by atoms with Crippen LogP contribution in [0.2, 0.25) is 18.1 Å². The molecule has 7 heteroatoms. The summed E-state index contributed by atoms with van der Waals surface area (Å²) in [5.41, 5.74) is 0. The second kappa shape index (κ2) is 9.65. The third-order valence-electron chi connectivity index (χ3n) is 3.69. The van der Waals surface area contributed by atoms with Crippen molar-refractivity contribution >= 4 is 14.6 Å². The molecule has 2 atom stereocenters. The minimum absolute atomic E-state index is 0.0241. The van der Waals surface area contributed by atoms with E-state index in [0.717, 1.165) is 0 Å². The standard InChI is InChI=1S/C14H30O6Si/c1-14(2,3)21(6,7)20-9-13(19-11-17-5)12(8-15)18-10-16-4/h8,12-13H,9-11H2,1-7H3/t12-,13-/m1/s1. The highest BCUT2D eigenvalue weighted by Crippen LogP contribution is 2.36. The highest BCUT2D eigenvalue weighted by molar-refractivity contribution is 6.74. The summed E-state index contributed by atoms with van der Waals surface area (Å²) in [6, 6.07) is 0. The minimum Gasteiger partial charge on any atom is -0.414 e. The lowest BCUT2D eigenvalue weighted by atomic mass is 10.2. The van der Waals surface area contributed by atoms with E-state index in [2.05, 4.69) is 33.9 Å². The van der Waals surface area contributed by atoms with Gasteiger partial charge in [-0.15, -0.1) is 0 Å². The smallest absolute Gasteiger partial charge is 0.192 e. The van der Waals surface area contributed by atoms with Crippen LogP contribution in [0.5, 0.6) is 0 Å². The first-order valence-electron chi connectivity index (χ1n) is 7.00.